The summed E-state index contributed by atoms with van der Waals surface area (Å²) in [6.45, 7) is 7.16. The van der Waals surface area contributed by atoms with Gasteiger partial charge in [0.15, 0.2) is 0 Å². The van der Waals surface area contributed by atoms with E-state index in [1.54, 1.807) is 29.5 Å². The summed E-state index contributed by atoms with van der Waals surface area (Å²) in [5.74, 6) is -0.938. The van der Waals surface area contributed by atoms with Crippen LogP contribution >= 0.6 is 28.3 Å². The first-order chi connectivity index (χ1) is 13.9. The molecule has 3 aromatic rings. The van der Waals surface area contributed by atoms with Gasteiger partial charge in [0.2, 0.25) is 0 Å². The number of aromatic nitrogens is 1. The van der Waals surface area contributed by atoms with Crippen molar-refractivity contribution < 1.29 is 9.90 Å². The Morgan fingerprint density at radius 1 is 1.23 bits per heavy atom. The van der Waals surface area contributed by atoms with Crippen molar-refractivity contribution >= 4 is 46.3 Å². The van der Waals surface area contributed by atoms with Crippen molar-refractivity contribution in [3.8, 4) is 11.3 Å². The van der Waals surface area contributed by atoms with E-state index in [2.05, 4.69) is 37.9 Å². The highest BCUT2D eigenvalue weighted by Crippen LogP contribution is 2.29. The summed E-state index contributed by atoms with van der Waals surface area (Å²) in [7, 11) is 2.00. The van der Waals surface area contributed by atoms with Crippen LogP contribution in [0.5, 0.6) is 0 Å². The molecular weight excluding hydrogens is 462 g/mol. The van der Waals surface area contributed by atoms with Crippen LogP contribution < -0.4 is 0 Å². The summed E-state index contributed by atoms with van der Waals surface area (Å²) < 4.78 is 0. The molecule has 0 aliphatic rings. The van der Waals surface area contributed by atoms with Gasteiger partial charge in [-0.3, -0.25) is 0 Å². The van der Waals surface area contributed by atoms with Gasteiger partial charge in [-0.25, -0.2) is 14.8 Å². The van der Waals surface area contributed by atoms with Crippen LogP contribution in [0.15, 0.2) is 46.8 Å². The lowest BCUT2D eigenvalue weighted by Crippen LogP contribution is -2.14. The molecule has 1 aromatic heterocycles. The first kappa shape index (κ1) is 23.8. The van der Waals surface area contributed by atoms with E-state index in [0.717, 1.165) is 22.8 Å². The normalized spacial score (nSPS) is 10.8. The smallest absolute Gasteiger partial charge is 0.336 e. The molecule has 158 valence electrons. The minimum atomic E-state index is -0.938. The maximum Gasteiger partial charge on any atom is 0.336 e. The van der Waals surface area contributed by atoms with Crippen molar-refractivity contribution in [1.29, 1.82) is 0 Å². The van der Waals surface area contributed by atoms with E-state index in [4.69, 9.17) is 4.98 Å². The second kappa shape index (κ2) is 10.5. The highest BCUT2D eigenvalue weighted by atomic mass is 79.9. The average molecular weight is 488 g/mol. The number of rotatable bonds is 7. The van der Waals surface area contributed by atoms with E-state index in [1.807, 2.05) is 29.7 Å². The molecule has 0 atom stereocenters. The molecule has 0 aliphatic carbocycles. The van der Waals surface area contributed by atoms with Crippen LogP contribution in [-0.4, -0.2) is 40.9 Å². The van der Waals surface area contributed by atoms with Crippen molar-refractivity contribution in [3.63, 3.8) is 0 Å². The molecule has 2 aromatic carbocycles. The minimum Gasteiger partial charge on any atom is -0.478 e. The molecule has 0 radical (unpaired) electrons. The predicted octanol–water partition coefficient (Wildman–Crippen LogP) is 5.91. The van der Waals surface area contributed by atoms with E-state index < -0.39 is 5.97 Å². The van der Waals surface area contributed by atoms with Crippen molar-refractivity contribution in [2.24, 2.45) is 4.99 Å². The number of carboxylic acid groups (broad SMARTS) is 1. The van der Waals surface area contributed by atoms with Gasteiger partial charge < -0.3 is 10.0 Å². The Labute approximate surface area is 191 Å². The van der Waals surface area contributed by atoms with Gasteiger partial charge >= 0.3 is 5.97 Å². The molecule has 3 rings (SSSR count). The first-order valence-corrected chi connectivity index (χ1v) is 10.4. The lowest BCUT2D eigenvalue weighted by atomic mass is 10.0. The largest absolute Gasteiger partial charge is 0.478 e. The van der Waals surface area contributed by atoms with E-state index >= 15 is 0 Å². The fourth-order valence-corrected chi connectivity index (χ4v) is 3.82. The number of aliphatic imine (C=N–C) groups is 1. The molecule has 0 fully saturated rings. The third-order valence-corrected chi connectivity index (χ3v) is 5.72. The third kappa shape index (κ3) is 5.55. The molecule has 1 heterocycles. The zero-order valence-electron chi connectivity index (χ0n) is 17.5. The molecule has 1 N–H and O–H groups in total. The summed E-state index contributed by atoms with van der Waals surface area (Å²) in [6, 6.07) is 11.3. The zero-order valence-corrected chi connectivity index (χ0v) is 20.1. The Kier molecular flexibility index (Phi) is 8.32. The summed E-state index contributed by atoms with van der Waals surface area (Å²) in [5.41, 5.74) is 6.11. The second-order valence-corrected chi connectivity index (χ2v) is 7.98. The van der Waals surface area contributed by atoms with Crippen LogP contribution in [0.3, 0.4) is 0 Å². The van der Waals surface area contributed by atoms with Gasteiger partial charge in [-0.2, -0.15) is 0 Å². The molecule has 5 nitrogen and oxygen atoms in total. The van der Waals surface area contributed by atoms with Gasteiger partial charge in [-0.15, -0.1) is 28.3 Å². The fraction of sp³-hybridized carbons (Fsp3) is 0.261. The topological polar surface area (TPSA) is 65.8 Å². The number of aryl methyl sites for hydroxylation is 2. The summed E-state index contributed by atoms with van der Waals surface area (Å²) in [4.78, 5) is 22.8. The van der Waals surface area contributed by atoms with Crippen LogP contribution in [0.1, 0.15) is 39.0 Å². The number of benzene rings is 2. The Hall–Kier alpha value is -2.51. The quantitative estimate of drug-likeness (QED) is 0.332. The standard InChI is InChI=1S/C23H25N3O2S.BrH/c1-5-26(4)14-24-20-11-15(2)17(10-16(20)3)12-22-25-21(13-29-22)18-8-6-7-9-19(18)23(27)28;/h6-11,13-14H,5,12H2,1-4H3,(H,27,28);1H. The highest BCUT2D eigenvalue weighted by molar-refractivity contribution is 8.93. The number of carboxylic acids is 1. The van der Waals surface area contributed by atoms with Gasteiger partial charge in [0.05, 0.1) is 28.3 Å². The fourth-order valence-electron chi connectivity index (χ4n) is 3.00. The number of hydrogen-bond donors (Lipinski definition) is 1. The zero-order chi connectivity index (χ0) is 21.0. The summed E-state index contributed by atoms with van der Waals surface area (Å²) >= 11 is 1.56. The summed E-state index contributed by atoms with van der Waals surface area (Å²) in [5, 5.41) is 12.3. The Balaban J connectivity index is 0.00000320. The molecular formula is C23H26BrN3O2S. The first-order valence-electron chi connectivity index (χ1n) is 9.50. The Morgan fingerprint density at radius 3 is 2.67 bits per heavy atom. The van der Waals surface area contributed by atoms with Crippen LogP contribution in [0, 0.1) is 13.8 Å². The second-order valence-electron chi connectivity index (χ2n) is 7.04. The van der Waals surface area contributed by atoms with E-state index in [0.29, 0.717) is 17.7 Å². The van der Waals surface area contributed by atoms with Gasteiger partial charge in [0.1, 0.15) is 0 Å². The Bertz CT molecular complexity index is 1060. The maximum atomic E-state index is 11.5. The predicted molar refractivity (Wildman–Crippen MR) is 130 cm³/mol. The molecule has 0 saturated carbocycles. The minimum absolute atomic E-state index is 0. The van der Waals surface area contributed by atoms with E-state index in [9.17, 15) is 9.90 Å². The van der Waals surface area contributed by atoms with Crippen LogP contribution in [0.4, 0.5) is 5.69 Å². The molecule has 0 spiro atoms. The van der Waals surface area contributed by atoms with Crippen molar-refractivity contribution in [2.45, 2.75) is 27.2 Å². The van der Waals surface area contributed by atoms with Crippen LogP contribution in [-0.2, 0) is 6.42 Å². The lowest BCUT2D eigenvalue weighted by Gasteiger charge is -2.11. The van der Waals surface area contributed by atoms with Crippen LogP contribution in [0.25, 0.3) is 11.3 Å². The van der Waals surface area contributed by atoms with Crippen molar-refractivity contribution in [2.75, 3.05) is 13.6 Å². The molecule has 0 unspecified atom stereocenters. The number of halogens is 1. The van der Waals surface area contributed by atoms with Crippen LogP contribution in [0.2, 0.25) is 0 Å². The van der Waals surface area contributed by atoms with Gasteiger partial charge in [-0.05, 0) is 49.6 Å². The third-order valence-electron chi connectivity index (χ3n) is 4.87. The average Bonchev–Trinajstić information content (AvgIpc) is 3.17. The molecule has 7 heteroatoms. The molecule has 0 aliphatic heterocycles. The lowest BCUT2D eigenvalue weighted by molar-refractivity contribution is 0.0697. The monoisotopic (exact) mass is 487 g/mol. The number of nitrogens with zero attached hydrogens (tertiary/aromatic N) is 3. The number of aromatic carboxylic acids is 1. The number of carbonyl (C=O) groups is 1. The molecule has 0 bridgehead atoms. The summed E-state index contributed by atoms with van der Waals surface area (Å²) in [6.07, 6.45) is 2.57. The highest BCUT2D eigenvalue weighted by Gasteiger charge is 2.14. The van der Waals surface area contributed by atoms with Gasteiger partial charge in [0.25, 0.3) is 0 Å². The number of hydrogen-bond acceptors (Lipinski definition) is 4. The van der Waals surface area contributed by atoms with E-state index in [-0.39, 0.29) is 22.5 Å². The maximum absolute atomic E-state index is 11.5. The van der Waals surface area contributed by atoms with Crippen molar-refractivity contribution in [1.82, 2.24) is 9.88 Å². The molecule has 0 saturated heterocycles. The Morgan fingerprint density at radius 2 is 1.97 bits per heavy atom. The molecule has 0 amide bonds. The SMILES string of the molecule is Br.CCN(C)C=Nc1cc(C)c(Cc2nc(-c3ccccc3C(=O)O)cs2)cc1C. The van der Waals surface area contributed by atoms with Crippen molar-refractivity contribution in [3.05, 3.63) is 69.0 Å². The van der Waals surface area contributed by atoms with Gasteiger partial charge in [0, 0.05) is 31.0 Å². The van der Waals surface area contributed by atoms with E-state index in [1.165, 1.54) is 11.1 Å². The number of thiazole rings is 1. The van der Waals surface area contributed by atoms with Gasteiger partial charge in [-0.1, -0.05) is 24.3 Å². The molecule has 30 heavy (non-hydrogen) atoms.